The maximum Gasteiger partial charge on any atom is 0.427 e. The molecule has 41 heavy (non-hydrogen) atoms. The summed E-state index contributed by atoms with van der Waals surface area (Å²) in [5, 5.41) is 18.7. The number of carbonyl (C=O) groups is 4. The molecule has 2 bridgehead atoms. The van der Waals surface area contributed by atoms with Crippen LogP contribution >= 0.6 is 0 Å². The average molecular weight is 609 g/mol. The molecule has 16 heteroatoms. The molecule has 0 aromatic carbocycles. The lowest BCUT2D eigenvalue weighted by molar-refractivity contribution is -0.257. The average Bonchev–Trinajstić information content (AvgIpc) is 3.41. The van der Waals surface area contributed by atoms with Crippen LogP contribution in [0.3, 0.4) is 0 Å². The standard InChI is InChI=1S/C25H34F6O10/c1-20(2,40-14(32)10-38-18(34)22(5,36)24(26,27)28)16-12-7-8-13(9-12)17(16)21(3,4)41-15(33)11-39-19(35)23(6,37)25(29,30)31/h12-13,16-17,36-37H,7-11H2,1-6H3. The van der Waals surface area contributed by atoms with Gasteiger partial charge in [-0.05, 0) is 72.6 Å². The van der Waals surface area contributed by atoms with Crippen molar-refractivity contribution in [1.82, 2.24) is 0 Å². The summed E-state index contributed by atoms with van der Waals surface area (Å²) >= 11 is 0. The van der Waals surface area contributed by atoms with Crippen molar-refractivity contribution in [1.29, 1.82) is 0 Å². The lowest BCUT2D eigenvalue weighted by atomic mass is 9.65. The Morgan fingerprint density at radius 1 is 0.634 bits per heavy atom. The van der Waals surface area contributed by atoms with E-state index in [1.165, 1.54) is 27.7 Å². The van der Waals surface area contributed by atoms with Crippen LogP contribution in [0.4, 0.5) is 26.3 Å². The summed E-state index contributed by atoms with van der Waals surface area (Å²) in [5.41, 5.74) is -10.3. The van der Waals surface area contributed by atoms with Crippen molar-refractivity contribution < 1.29 is 74.7 Å². The maximum absolute atomic E-state index is 12.8. The number of halogens is 6. The van der Waals surface area contributed by atoms with Gasteiger partial charge in [0.1, 0.15) is 11.2 Å². The molecule has 2 aliphatic rings. The van der Waals surface area contributed by atoms with E-state index in [0.29, 0.717) is 6.42 Å². The van der Waals surface area contributed by atoms with Crippen LogP contribution in [0, 0.1) is 23.7 Å². The van der Waals surface area contributed by atoms with Gasteiger partial charge in [0.25, 0.3) is 11.2 Å². The van der Waals surface area contributed by atoms with Gasteiger partial charge in [-0.25, -0.2) is 19.2 Å². The van der Waals surface area contributed by atoms with Gasteiger partial charge in [-0.3, -0.25) is 0 Å². The number of alkyl halides is 6. The van der Waals surface area contributed by atoms with Gasteiger partial charge >= 0.3 is 36.2 Å². The second-order valence-electron chi connectivity index (χ2n) is 11.8. The first-order valence-electron chi connectivity index (χ1n) is 12.6. The number of carbonyl (C=O) groups excluding carboxylic acids is 4. The predicted octanol–water partition coefficient (Wildman–Crippen LogP) is 3.01. The SMILES string of the molecule is CC(C)(OC(=O)COC(=O)C(C)(O)C(F)(F)F)C1C2CCC(C2)C1C(C)(C)OC(=O)COC(=O)C(C)(O)C(F)(F)F. The van der Waals surface area contributed by atoms with Crippen LogP contribution in [0.2, 0.25) is 0 Å². The fourth-order valence-corrected chi connectivity index (χ4v) is 5.83. The zero-order chi connectivity index (χ0) is 32.0. The summed E-state index contributed by atoms with van der Waals surface area (Å²) in [5.74, 6) is -7.59. The summed E-state index contributed by atoms with van der Waals surface area (Å²) in [4.78, 5) is 48.2. The van der Waals surface area contributed by atoms with Crippen LogP contribution in [0.1, 0.15) is 60.8 Å². The van der Waals surface area contributed by atoms with E-state index in [9.17, 15) is 55.7 Å². The minimum absolute atomic E-state index is 0.0287. The minimum Gasteiger partial charge on any atom is -0.457 e. The molecular weight excluding hydrogens is 574 g/mol. The van der Waals surface area contributed by atoms with Crippen molar-refractivity contribution >= 4 is 23.9 Å². The Balaban J connectivity index is 2.09. The highest BCUT2D eigenvalue weighted by Crippen LogP contribution is 2.60. The number of hydrogen-bond acceptors (Lipinski definition) is 10. The van der Waals surface area contributed by atoms with E-state index in [4.69, 9.17) is 9.47 Å². The molecule has 236 valence electrons. The normalized spacial score (nSPS) is 26.0. The number of hydrogen-bond donors (Lipinski definition) is 2. The third kappa shape index (κ3) is 7.24. The first-order chi connectivity index (χ1) is 18.3. The first-order valence-corrected chi connectivity index (χ1v) is 12.6. The summed E-state index contributed by atoms with van der Waals surface area (Å²) in [6, 6.07) is 0. The third-order valence-corrected chi connectivity index (χ3v) is 7.82. The summed E-state index contributed by atoms with van der Waals surface area (Å²) < 4.78 is 96.5. The first kappa shape index (κ1) is 34.6. The summed E-state index contributed by atoms with van der Waals surface area (Å²) in [6.07, 6.45) is -8.58. The van der Waals surface area contributed by atoms with Crippen LogP contribution in [0.15, 0.2) is 0 Å². The topological polar surface area (TPSA) is 146 Å². The highest BCUT2D eigenvalue weighted by molar-refractivity contribution is 5.83. The maximum atomic E-state index is 12.8. The number of esters is 4. The molecule has 0 saturated heterocycles. The van der Waals surface area contributed by atoms with Crippen LogP contribution < -0.4 is 0 Å². The molecule has 0 aliphatic heterocycles. The van der Waals surface area contributed by atoms with Gasteiger partial charge in [0.15, 0.2) is 13.2 Å². The molecular formula is C25H34F6O10. The van der Waals surface area contributed by atoms with Crippen LogP contribution in [-0.2, 0) is 38.1 Å². The molecule has 2 fully saturated rings. The van der Waals surface area contributed by atoms with Gasteiger partial charge in [-0.2, -0.15) is 26.3 Å². The Morgan fingerprint density at radius 3 is 1.20 bits per heavy atom. The van der Waals surface area contributed by atoms with Gasteiger partial charge < -0.3 is 29.2 Å². The molecule has 2 saturated carbocycles. The van der Waals surface area contributed by atoms with E-state index >= 15 is 0 Å². The molecule has 0 heterocycles. The fraction of sp³-hybridized carbons (Fsp3) is 0.840. The molecule has 0 radical (unpaired) electrons. The van der Waals surface area contributed by atoms with Crippen molar-refractivity contribution in [2.24, 2.45) is 23.7 Å². The number of fused-ring (bicyclic) bond motifs is 2. The van der Waals surface area contributed by atoms with E-state index in [1.54, 1.807) is 0 Å². The Morgan fingerprint density at radius 2 is 0.927 bits per heavy atom. The second-order valence-corrected chi connectivity index (χ2v) is 11.8. The van der Waals surface area contributed by atoms with E-state index < -0.39 is 83.7 Å². The largest absolute Gasteiger partial charge is 0.457 e. The zero-order valence-electron chi connectivity index (χ0n) is 23.3. The van der Waals surface area contributed by atoms with E-state index in [-0.39, 0.29) is 25.7 Å². The Bertz CT molecular complexity index is 951. The molecule has 2 N–H and O–H groups in total. The highest BCUT2D eigenvalue weighted by Gasteiger charge is 2.61. The fourth-order valence-electron chi connectivity index (χ4n) is 5.83. The Labute approximate surface area is 231 Å². The van der Waals surface area contributed by atoms with E-state index in [1.807, 2.05) is 0 Å². The zero-order valence-corrected chi connectivity index (χ0v) is 23.3. The molecule has 0 spiro atoms. The number of rotatable bonds is 10. The molecule has 2 aliphatic carbocycles. The predicted molar refractivity (Wildman–Crippen MR) is 123 cm³/mol. The van der Waals surface area contributed by atoms with Crippen molar-refractivity contribution in [3.63, 3.8) is 0 Å². The van der Waals surface area contributed by atoms with Crippen LogP contribution in [0.25, 0.3) is 0 Å². The highest BCUT2D eigenvalue weighted by atomic mass is 19.4. The van der Waals surface area contributed by atoms with Gasteiger partial charge in [0, 0.05) is 11.8 Å². The lowest BCUT2D eigenvalue weighted by Crippen LogP contribution is -2.53. The molecule has 6 atom stereocenters. The smallest absolute Gasteiger partial charge is 0.427 e. The third-order valence-electron chi connectivity index (χ3n) is 7.82. The monoisotopic (exact) mass is 608 g/mol. The molecule has 0 amide bonds. The minimum atomic E-state index is -5.35. The summed E-state index contributed by atoms with van der Waals surface area (Å²) in [7, 11) is 0. The van der Waals surface area contributed by atoms with Gasteiger partial charge in [0.05, 0.1) is 0 Å². The molecule has 6 unspecified atom stereocenters. The number of ether oxygens (including phenoxy) is 4. The quantitative estimate of drug-likeness (QED) is 0.216. The number of aliphatic hydroxyl groups is 2. The van der Waals surface area contributed by atoms with Gasteiger partial charge in [-0.1, -0.05) is 0 Å². The molecule has 0 aromatic rings. The van der Waals surface area contributed by atoms with Crippen molar-refractivity contribution in [2.45, 2.75) is 95.6 Å². The Hall–Kier alpha value is -2.62. The summed E-state index contributed by atoms with van der Waals surface area (Å²) in [6.45, 7) is 4.01. The molecule has 2 rings (SSSR count). The van der Waals surface area contributed by atoms with Crippen molar-refractivity contribution in [3.8, 4) is 0 Å². The second kappa shape index (κ2) is 11.2. The molecule has 0 aromatic heterocycles. The van der Waals surface area contributed by atoms with Crippen molar-refractivity contribution in [3.05, 3.63) is 0 Å². The van der Waals surface area contributed by atoms with Gasteiger partial charge in [-0.15, -0.1) is 0 Å². The lowest BCUT2D eigenvalue weighted by Gasteiger charge is -2.47. The van der Waals surface area contributed by atoms with Crippen LogP contribution in [0.5, 0.6) is 0 Å². The molecule has 10 nitrogen and oxygen atoms in total. The van der Waals surface area contributed by atoms with Gasteiger partial charge in [0.2, 0.25) is 0 Å². The van der Waals surface area contributed by atoms with E-state index in [0.717, 1.165) is 12.8 Å². The van der Waals surface area contributed by atoms with Crippen LogP contribution in [-0.4, -0.2) is 82.1 Å². The Kier molecular flexibility index (Phi) is 9.47. The van der Waals surface area contributed by atoms with Crippen molar-refractivity contribution in [2.75, 3.05) is 13.2 Å². The van der Waals surface area contributed by atoms with E-state index in [2.05, 4.69) is 9.47 Å².